The standard InChI is InChI=1S/C34H23N3O/c1-4-16-29-26(13-1)27-14-2-5-17-30(27)37(29)25-12-8-10-23(20-25)22-9-7-11-24(19-22)32-34-33(36-21-35-32)28-15-3-6-18-31(28)38-34/h1-21,32,34H. The number of para-hydroxylation sites is 3. The molecule has 6 aromatic rings. The topological polar surface area (TPSA) is 38.9 Å². The predicted octanol–water partition coefficient (Wildman–Crippen LogP) is 7.78. The van der Waals surface area contributed by atoms with Crippen LogP contribution in [0.5, 0.6) is 5.75 Å². The fraction of sp³-hybridized carbons (Fsp3) is 0.0588. The van der Waals surface area contributed by atoms with E-state index >= 15 is 0 Å². The van der Waals surface area contributed by atoms with Crippen molar-refractivity contribution in [1.29, 1.82) is 0 Å². The van der Waals surface area contributed by atoms with Crippen LogP contribution in [0.2, 0.25) is 0 Å². The van der Waals surface area contributed by atoms with Crippen LogP contribution in [0.1, 0.15) is 17.2 Å². The van der Waals surface area contributed by atoms with Crippen molar-refractivity contribution >= 4 is 33.9 Å². The molecular weight excluding hydrogens is 466 g/mol. The molecule has 0 amide bonds. The Hall–Kier alpha value is -4.96. The number of fused-ring (bicyclic) bond motifs is 6. The molecule has 0 saturated heterocycles. The summed E-state index contributed by atoms with van der Waals surface area (Å²) in [4.78, 5) is 9.32. The SMILES string of the molecule is C1=NC(c2cccc(-c3cccc(-n4c5ccccc5c5ccccc54)c3)c2)C2Oc3ccccc3C2=N1. The monoisotopic (exact) mass is 489 g/mol. The molecule has 1 aromatic heterocycles. The van der Waals surface area contributed by atoms with Crippen LogP contribution in [0.3, 0.4) is 0 Å². The minimum absolute atomic E-state index is 0.143. The third-order valence-corrected chi connectivity index (χ3v) is 7.64. The fourth-order valence-electron chi connectivity index (χ4n) is 5.92. The van der Waals surface area contributed by atoms with Gasteiger partial charge in [0.05, 0.1) is 16.7 Å². The normalized spacial score (nSPS) is 17.7. The minimum Gasteiger partial charge on any atom is -0.481 e. The number of benzene rings is 5. The van der Waals surface area contributed by atoms with E-state index in [9.17, 15) is 0 Å². The smallest absolute Gasteiger partial charge is 0.168 e. The number of rotatable bonds is 3. The molecule has 2 aliphatic rings. The second kappa shape index (κ2) is 8.29. The van der Waals surface area contributed by atoms with Crippen LogP contribution in [-0.2, 0) is 0 Å². The summed E-state index contributed by atoms with van der Waals surface area (Å²) in [6, 6.07) is 42.6. The van der Waals surface area contributed by atoms with Crippen LogP contribution in [0.25, 0.3) is 38.6 Å². The first-order chi connectivity index (χ1) is 18.8. The highest BCUT2D eigenvalue weighted by atomic mass is 16.5. The Kier molecular flexibility index (Phi) is 4.61. The van der Waals surface area contributed by atoms with Crippen molar-refractivity contribution in [1.82, 2.24) is 4.57 Å². The van der Waals surface area contributed by atoms with E-state index in [1.165, 1.54) is 21.8 Å². The van der Waals surface area contributed by atoms with Crippen molar-refractivity contribution in [3.8, 4) is 22.6 Å². The Balaban J connectivity index is 1.20. The van der Waals surface area contributed by atoms with Gasteiger partial charge in [0.25, 0.3) is 0 Å². The molecule has 8 rings (SSSR count). The molecule has 0 saturated carbocycles. The van der Waals surface area contributed by atoms with Gasteiger partial charge in [-0.3, -0.25) is 4.99 Å². The third-order valence-electron chi connectivity index (χ3n) is 7.64. The van der Waals surface area contributed by atoms with Crippen molar-refractivity contribution in [2.75, 3.05) is 0 Å². The Labute approximate surface area is 220 Å². The van der Waals surface area contributed by atoms with E-state index in [4.69, 9.17) is 9.73 Å². The van der Waals surface area contributed by atoms with Gasteiger partial charge >= 0.3 is 0 Å². The summed E-state index contributed by atoms with van der Waals surface area (Å²) in [5.41, 5.74) is 9.01. The number of ether oxygens (including phenoxy) is 1. The Morgan fingerprint density at radius 2 is 1.32 bits per heavy atom. The van der Waals surface area contributed by atoms with Gasteiger partial charge in [0.2, 0.25) is 0 Å². The summed E-state index contributed by atoms with van der Waals surface area (Å²) < 4.78 is 8.68. The van der Waals surface area contributed by atoms with Crippen molar-refractivity contribution in [2.45, 2.75) is 12.1 Å². The Morgan fingerprint density at radius 3 is 2.13 bits per heavy atom. The van der Waals surface area contributed by atoms with Gasteiger partial charge in [0.15, 0.2) is 6.10 Å². The number of nitrogens with zero attached hydrogens (tertiary/aromatic N) is 3. The average molecular weight is 490 g/mol. The van der Waals surface area contributed by atoms with Crippen molar-refractivity contribution in [3.05, 3.63) is 132 Å². The lowest BCUT2D eigenvalue weighted by molar-refractivity contribution is 0.250. The summed E-state index contributed by atoms with van der Waals surface area (Å²) in [7, 11) is 0. The summed E-state index contributed by atoms with van der Waals surface area (Å²) in [5.74, 6) is 0.877. The van der Waals surface area contributed by atoms with Crippen LogP contribution in [-0.4, -0.2) is 22.7 Å². The summed E-state index contributed by atoms with van der Waals surface area (Å²) in [6.07, 6.45) is 1.47. The molecule has 4 heteroatoms. The molecule has 0 aliphatic carbocycles. The second-order valence-electron chi connectivity index (χ2n) is 9.80. The van der Waals surface area contributed by atoms with Gasteiger partial charge in [0, 0.05) is 22.0 Å². The first kappa shape index (κ1) is 21.2. The van der Waals surface area contributed by atoms with Gasteiger partial charge in [-0.2, -0.15) is 0 Å². The molecule has 0 fully saturated rings. The van der Waals surface area contributed by atoms with E-state index in [0.717, 1.165) is 39.4 Å². The van der Waals surface area contributed by atoms with Crippen LogP contribution in [0, 0.1) is 0 Å². The van der Waals surface area contributed by atoms with Crippen molar-refractivity contribution < 1.29 is 4.74 Å². The molecule has 0 N–H and O–H groups in total. The minimum atomic E-state index is -0.211. The molecule has 2 aliphatic heterocycles. The average Bonchev–Trinajstić information content (AvgIpc) is 3.53. The summed E-state index contributed by atoms with van der Waals surface area (Å²) >= 11 is 0. The molecular formula is C34H23N3O. The lowest BCUT2D eigenvalue weighted by Gasteiger charge is -2.23. The number of aromatic nitrogens is 1. The van der Waals surface area contributed by atoms with Gasteiger partial charge in [-0.25, -0.2) is 4.99 Å². The van der Waals surface area contributed by atoms with Gasteiger partial charge in [-0.1, -0.05) is 78.9 Å². The number of hydrogen-bond acceptors (Lipinski definition) is 3. The van der Waals surface area contributed by atoms with E-state index in [0.29, 0.717) is 0 Å². The largest absolute Gasteiger partial charge is 0.481 e. The summed E-state index contributed by atoms with van der Waals surface area (Å²) in [5, 5.41) is 2.53. The van der Waals surface area contributed by atoms with E-state index in [2.05, 4.69) is 113 Å². The van der Waals surface area contributed by atoms with Crippen LogP contribution >= 0.6 is 0 Å². The number of hydrogen-bond donors (Lipinski definition) is 0. The quantitative estimate of drug-likeness (QED) is 0.250. The zero-order chi connectivity index (χ0) is 25.1. The van der Waals surface area contributed by atoms with Crippen LogP contribution in [0.4, 0.5) is 0 Å². The lowest BCUT2D eigenvalue weighted by Crippen LogP contribution is -2.31. The molecule has 5 aromatic carbocycles. The molecule has 3 heterocycles. The molecule has 4 nitrogen and oxygen atoms in total. The molecule has 0 spiro atoms. The van der Waals surface area contributed by atoms with Crippen molar-refractivity contribution in [2.24, 2.45) is 9.98 Å². The van der Waals surface area contributed by atoms with Crippen LogP contribution < -0.4 is 4.74 Å². The maximum Gasteiger partial charge on any atom is 0.168 e. The highest BCUT2D eigenvalue weighted by molar-refractivity contribution is 6.12. The number of aliphatic imine (C=N–C) groups is 2. The first-order valence-electron chi connectivity index (χ1n) is 12.9. The molecule has 2 unspecified atom stereocenters. The highest BCUT2D eigenvalue weighted by Gasteiger charge is 2.38. The van der Waals surface area contributed by atoms with E-state index in [-0.39, 0.29) is 12.1 Å². The Morgan fingerprint density at radius 1 is 0.632 bits per heavy atom. The zero-order valence-electron chi connectivity index (χ0n) is 20.5. The Bertz CT molecular complexity index is 1880. The third kappa shape index (κ3) is 3.17. The lowest BCUT2D eigenvalue weighted by atomic mass is 9.93. The van der Waals surface area contributed by atoms with Crippen molar-refractivity contribution in [3.63, 3.8) is 0 Å². The van der Waals surface area contributed by atoms with Gasteiger partial charge in [0.1, 0.15) is 18.1 Å². The maximum absolute atomic E-state index is 6.33. The van der Waals surface area contributed by atoms with E-state index in [1.807, 2.05) is 18.2 Å². The second-order valence-corrected chi connectivity index (χ2v) is 9.80. The summed E-state index contributed by atoms with van der Waals surface area (Å²) in [6.45, 7) is 0. The zero-order valence-corrected chi connectivity index (χ0v) is 20.5. The predicted molar refractivity (Wildman–Crippen MR) is 155 cm³/mol. The highest BCUT2D eigenvalue weighted by Crippen LogP contribution is 2.39. The maximum atomic E-state index is 6.33. The van der Waals surface area contributed by atoms with Gasteiger partial charge in [-0.05, 0) is 59.2 Å². The van der Waals surface area contributed by atoms with Gasteiger partial charge in [-0.15, -0.1) is 0 Å². The van der Waals surface area contributed by atoms with Crippen LogP contribution in [0.15, 0.2) is 131 Å². The molecule has 2 atom stereocenters. The molecule has 38 heavy (non-hydrogen) atoms. The molecule has 0 radical (unpaired) electrons. The molecule has 0 bridgehead atoms. The van der Waals surface area contributed by atoms with E-state index < -0.39 is 0 Å². The first-order valence-corrected chi connectivity index (χ1v) is 12.9. The molecule has 180 valence electrons. The van der Waals surface area contributed by atoms with E-state index in [1.54, 1.807) is 6.34 Å². The fourth-order valence-corrected chi connectivity index (χ4v) is 5.92. The van der Waals surface area contributed by atoms with Gasteiger partial charge < -0.3 is 9.30 Å².